The van der Waals surface area contributed by atoms with E-state index in [1.807, 2.05) is 23.4 Å². The fraction of sp³-hybridized carbons (Fsp3) is 0.481. The molecular weight excluding hydrogens is 452 g/mol. The molecule has 2 fully saturated rings. The standard InChI is InChI=1S/C27H36N8O/c1-3-32-15-17-34(18-16-32)23-9-10-25(28-20-23)30-27-29-19-22-7-4-8-24(26(22)31-27)35-13-5-11-33(21(2)36)12-6-14-35/h4,7-10,19-20H,3,5-6,11-18H2,1-2H3,(H,28,29,30,31). The topological polar surface area (TPSA) is 80.7 Å². The van der Waals surface area contributed by atoms with E-state index in [1.165, 1.54) is 0 Å². The van der Waals surface area contributed by atoms with Crippen molar-refractivity contribution < 1.29 is 4.79 Å². The first-order valence-corrected chi connectivity index (χ1v) is 13.1. The first-order valence-electron chi connectivity index (χ1n) is 13.1. The van der Waals surface area contributed by atoms with Crippen LogP contribution in [0.5, 0.6) is 0 Å². The third kappa shape index (κ3) is 5.51. The van der Waals surface area contributed by atoms with Gasteiger partial charge in [-0.15, -0.1) is 0 Å². The second-order valence-corrected chi connectivity index (χ2v) is 9.56. The van der Waals surface area contributed by atoms with Crippen molar-refractivity contribution in [3.63, 3.8) is 0 Å². The highest BCUT2D eigenvalue weighted by atomic mass is 16.2. The SMILES string of the molecule is CCN1CCN(c2ccc(Nc3ncc4cccc(N5CCCN(C(C)=O)CCC5)c4n3)nc2)CC1. The monoisotopic (exact) mass is 488 g/mol. The summed E-state index contributed by atoms with van der Waals surface area (Å²) in [6.45, 7) is 12.6. The summed E-state index contributed by atoms with van der Waals surface area (Å²) in [6, 6.07) is 10.4. The van der Waals surface area contributed by atoms with Crippen molar-refractivity contribution in [1.82, 2.24) is 24.8 Å². The van der Waals surface area contributed by atoms with Crippen LogP contribution >= 0.6 is 0 Å². The number of carbonyl (C=O) groups excluding carboxylic acids is 1. The predicted molar refractivity (Wildman–Crippen MR) is 145 cm³/mol. The highest BCUT2D eigenvalue weighted by molar-refractivity contribution is 5.91. The van der Waals surface area contributed by atoms with Gasteiger partial charge in [0.15, 0.2) is 0 Å². The van der Waals surface area contributed by atoms with Crippen molar-refractivity contribution in [1.29, 1.82) is 0 Å². The van der Waals surface area contributed by atoms with Gasteiger partial charge in [-0.25, -0.2) is 15.0 Å². The zero-order chi connectivity index (χ0) is 24.9. The van der Waals surface area contributed by atoms with E-state index in [2.05, 4.69) is 61.2 Å². The van der Waals surface area contributed by atoms with Crippen molar-refractivity contribution in [3.05, 3.63) is 42.7 Å². The Bertz CT molecular complexity index is 1170. The Morgan fingerprint density at radius 3 is 2.33 bits per heavy atom. The van der Waals surface area contributed by atoms with Crippen LogP contribution in [0.3, 0.4) is 0 Å². The molecule has 9 nitrogen and oxygen atoms in total. The zero-order valence-corrected chi connectivity index (χ0v) is 21.4. The lowest BCUT2D eigenvalue weighted by atomic mass is 10.1. The van der Waals surface area contributed by atoms with E-state index in [4.69, 9.17) is 4.98 Å². The third-order valence-corrected chi connectivity index (χ3v) is 7.26. The normalized spacial score (nSPS) is 17.7. The number of likely N-dealkylation sites (N-methyl/N-ethyl adjacent to an activating group) is 1. The highest BCUT2D eigenvalue weighted by Crippen LogP contribution is 2.27. The smallest absolute Gasteiger partial charge is 0.228 e. The maximum Gasteiger partial charge on any atom is 0.228 e. The van der Waals surface area contributed by atoms with Gasteiger partial charge in [-0.2, -0.15) is 0 Å². The first kappa shape index (κ1) is 24.2. The van der Waals surface area contributed by atoms with Gasteiger partial charge in [0, 0.05) is 70.9 Å². The van der Waals surface area contributed by atoms with Gasteiger partial charge in [0.05, 0.1) is 23.1 Å². The van der Waals surface area contributed by atoms with Crippen LogP contribution in [-0.4, -0.2) is 89.6 Å². The molecule has 0 aliphatic carbocycles. The number of rotatable bonds is 5. The van der Waals surface area contributed by atoms with Crippen LogP contribution in [0.4, 0.5) is 23.1 Å². The number of anilines is 4. The molecule has 0 unspecified atom stereocenters. The Balaban J connectivity index is 1.29. The molecular formula is C27H36N8O. The fourth-order valence-corrected chi connectivity index (χ4v) is 5.12. The quantitative estimate of drug-likeness (QED) is 0.586. The Labute approximate surface area is 213 Å². The lowest BCUT2D eigenvalue weighted by molar-refractivity contribution is -0.129. The fourth-order valence-electron chi connectivity index (χ4n) is 5.12. The van der Waals surface area contributed by atoms with Gasteiger partial charge < -0.3 is 24.9 Å². The molecule has 2 aliphatic heterocycles. The number of amides is 1. The van der Waals surface area contributed by atoms with Crippen molar-refractivity contribution in [2.45, 2.75) is 26.7 Å². The average Bonchev–Trinajstić information content (AvgIpc) is 2.89. The van der Waals surface area contributed by atoms with Crippen LogP contribution in [0.1, 0.15) is 26.7 Å². The summed E-state index contributed by atoms with van der Waals surface area (Å²) in [5.41, 5.74) is 3.20. The maximum atomic E-state index is 11.8. The molecule has 0 spiro atoms. The van der Waals surface area contributed by atoms with Crippen LogP contribution in [0.25, 0.3) is 10.9 Å². The number of nitrogens with zero attached hydrogens (tertiary/aromatic N) is 7. The van der Waals surface area contributed by atoms with E-state index in [0.717, 1.165) is 99.8 Å². The Morgan fingerprint density at radius 2 is 1.67 bits per heavy atom. The molecule has 0 bridgehead atoms. The second-order valence-electron chi connectivity index (χ2n) is 9.56. The van der Waals surface area contributed by atoms with Gasteiger partial charge in [-0.1, -0.05) is 19.1 Å². The number of aromatic nitrogens is 3. The van der Waals surface area contributed by atoms with Crippen LogP contribution in [0.2, 0.25) is 0 Å². The summed E-state index contributed by atoms with van der Waals surface area (Å²) in [7, 11) is 0. The number of pyridine rings is 1. The van der Waals surface area contributed by atoms with Gasteiger partial charge >= 0.3 is 0 Å². The molecule has 0 atom stereocenters. The molecule has 36 heavy (non-hydrogen) atoms. The Morgan fingerprint density at radius 1 is 0.889 bits per heavy atom. The molecule has 2 saturated heterocycles. The second kappa shape index (κ2) is 11.1. The minimum absolute atomic E-state index is 0.165. The minimum atomic E-state index is 0.165. The first-order chi connectivity index (χ1) is 17.6. The number of fused-ring (bicyclic) bond motifs is 1. The van der Waals surface area contributed by atoms with E-state index in [1.54, 1.807) is 6.92 Å². The molecule has 5 rings (SSSR count). The molecule has 4 heterocycles. The largest absolute Gasteiger partial charge is 0.370 e. The van der Waals surface area contributed by atoms with Crippen molar-refractivity contribution in [3.8, 4) is 0 Å². The van der Waals surface area contributed by atoms with Gasteiger partial charge in [0.1, 0.15) is 5.82 Å². The molecule has 3 aromatic rings. The van der Waals surface area contributed by atoms with Gasteiger partial charge in [0.2, 0.25) is 11.9 Å². The molecule has 2 aliphatic rings. The van der Waals surface area contributed by atoms with E-state index < -0.39 is 0 Å². The number of hydrogen-bond acceptors (Lipinski definition) is 8. The molecule has 1 amide bonds. The number of carbonyl (C=O) groups is 1. The average molecular weight is 489 g/mol. The maximum absolute atomic E-state index is 11.8. The number of piperazine rings is 1. The van der Waals surface area contributed by atoms with Gasteiger partial charge in [0.25, 0.3) is 0 Å². The summed E-state index contributed by atoms with van der Waals surface area (Å²) in [4.78, 5) is 35.0. The van der Waals surface area contributed by atoms with Crippen LogP contribution in [0.15, 0.2) is 42.7 Å². The molecule has 0 saturated carbocycles. The zero-order valence-electron chi connectivity index (χ0n) is 21.4. The van der Waals surface area contributed by atoms with E-state index in [9.17, 15) is 4.79 Å². The predicted octanol–water partition coefficient (Wildman–Crippen LogP) is 3.36. The van der Waals surface area contributed by atoms with E-state index >= 15 is 0 Å². The summed E-state index contributed by atoms with van der Waals surface area (Å²) in [5, 5.41) is 4.30. The Hall–Kier alpha value is -3.46. The van der Waals surface area contributed by atoms with Crippen molar-refractivity contribution in [2.75, 3.05) is 74.0 Å². The molecule has 9 heteroatoms. The van der Waals surface area contributed by atoms with Crippen molar-refractivity contribution >= 4 is 40.0 Å². The molecule has 190 valence electrons. The lowest BCUT2D eigenvalue weighted by Gasteiger charge is -2.35. The lowest BCUT2D eigenvalue weighted by Crippen LogP contribution is -2.46. The van der Waals surface area contributed by atoms with Gasteiger partial charge in [-0.3, -0.25) is 4.79 Å². The minimum Gasteiger partial charge on any atom is -0.370 e. The van der Waals surface area contributed by atoms with E-state index in [-0.39, 0.29) is 5.91 Å². The molecule has 1 N–H and O–H groups in total. The molecule has 1 aromatic carbocycles. The number of benzene rings is 1. The molecule has 0 radical (unpaired) electrons. The van der Waals surface area contributed by atoms with Crippen LogP contribution < -0.4 is 15.1 Å². The number of hydrogen-bond donors (Lipinski definition) is 1. The molecule has 2 aromatic heterocycles. The Kier molecular flexibility index (Phi) is 7.46. The van der Waals surface area contributed by atoms with E-state index in [0.29, 0.717) is 5.95 Å². The summed E-state index contributed by atoms with van der Waals surface area (Å²) < 4.78 is 0. The third-order valence-electron chi connectivity index (χ3n) is 7.26. The summed E-state index contributed by atoms with van der Waals surface area (Å²) in [5.74, 6) is 1.44. The summed E-state index contributed by atoms with van der Waals surface area (Å²) in [6.07, 6.45) is 5.68. The number of nitrogens with one attached hydrogen (secondary N) is 1. The highest BCUT2D eigenvalue weighted by Gasteiger charge is 2.18. The van der Waals surface area contributed by atoms with Crippen LogP contribution in [-0.2, 0) is 4.79 Å². The van der Waals surface area contributed by atoms with Crippen LogP contribution in [0, 0.1) is 0 Å². The van der Waals surface area contributed by atoms with Crippen molar-refractivity contribution in [2.24, 2.45) is 0 Å². The van der Waals surface area contributed by atoms with Gasteiger partial charge in [-0.05, 0) is 37.6 Å². The number of para-hydroxylation sites is 1. The summed E-state index contributed by atoms with van der Waals surface area (Å²) >= 11 is 0.